The number of hydrogen-bond donors (Lipinski definition) is 2. The Bertz CT molecular complexity index is 997. The van der Waals surface area contributed by atoms with E-state index in [0.29, 0.717) is 19.6 Å². The van der Waals surface area contributed by atoms with Crippen molar-refractivity contribution in [2.24, 2.45) is 0 Å². The Morgan fingerprint density at radius 3 is 2.53 bits per heavy atom. The highest BCUT2D eigenvalue weighted by Gasteiger charge is 2.22. The summed E-state index contributed by atoms with van der Waals surface area (Å²) in [5.41, 5.74) is 0.496. The Kier molecular flexibility index (Phi) is 8.31. The maximum atomic E-state index is 13.5. The first-order valence-electron chi connectivity index (χ1n) is 9.11. The third kappa shape index (κ3) is 6.82. The van der Waals surface area contributed by atoms with E-state index in [4.69, 9.17) is 4.74 Å². The van der Waals surface area contributed by atoms with E-state index >= 15 is 0 Å². The molecule has 0 heterocycles. The monoisotopic (exact) mass is 437 g/mol. The molecular formula is C20H24FN3O5S. The Hall–Kier alpha value is -2.98. The topological polar surface area (TPSA) is 105 Å². The van der Waals surface area contributed by atoms with Gasteiger partial charge in [-0.1, -0.05) is 18.2 Å². The van der Waals surface area contributed by atoms with Gasteiger partial charge in [-0.05, 0) is 36.8 Å². The molecule has 2 aromatic carbocycles. The van der Waals surface area contributed by atoms with Gasteiger partial charge in [0, 0.05) is 20.3 Å². The molecule has 0 atom stereocenters. The van der Waals surface area contributed by atoms with Gasteiger partial charge >= 0.3 is 0 Å². The van der Waals surface area contributed by atoms with E-state index in [-0.39, 0.29) is 22.8 Å². The minimum atomic E-state index is -3.85. The fourth-order valence-electron chi connectivity index (χ4n) is 2.66. The number of hydrogen-bond acceptors (Lipinski definition) is 5. The van der Waals surface area contributed by atoms with Crippen molar-refractivity contribution >= 4 is 33.2 Å². The molecule has 0 spiro atoms. The third-order valence-electron chi connectivity index (χ3n) is 4.04. The zero-order valence-electron chi connectivity index (χ0n) is 16.7. The van der Waals surface area contributed by atoms with Crippen LogP contribution in [0.25, 0.3) is 0 Å². The molecule has 2 rings (SSSR count). The second-order valence-corrected chi connectivity index (χ2v) is 8.35. The Morgan fingerprint density at radius 2 is 1.87 bits per heavy atom. The smallest absolute Gasteiger partial charge is 0.253 e. The molecule has 0 bridgehead atoms. The van der Waals surface area contributed by atoms with Crippen molar-refractivity contribution in [3.8, 4) is 0 Å². The number of nitrogens with one attached hydrogen (secondary N) is 2. The predicted molar refractivity (Wildman–Crippen MR) is 112 cm³/mol. The largest absolute Gasteiger partial charge is 0.385 e. The van der Waals surface area contributed by atoms with Gasteiger partial charge in [0.25, 0.3) is 5.91 Å². The lowest BCUT2D eigenvalue weighted by Gasteiger charge is -2.22. The zero-order chi connectivity index (χ0) is 22.1. The van der Waals surface area contributed by atoms with Crippen molar-refractivity contribution in [3.05, 3.63) is 59.9 Å². The lowest BCUT2D eigenvalue weighted by molar-refractivity contribution is -0.114. The molecule has 0 aliphatic rings. The number of nitrogens with zero attached hydrogens (tertiary/aromatic N) is 1. The molecule has 0 fully saturated rings. The van der Waals surface area contributed by atoms with Crippen LogP contribution in [0.3, 0.4) is 0 Å². The highest BCUT2D eigenvalue weighted by atomic mass is 32.2. The number of anilines is 2. The molecule has 30 heavy (non-hydrogen) atoms. The number of sulfonamides is 1. The van der Waals surface area contributed by atoms with Gasteiger partial charge in [0.15, 0.2) is 0 Å². The zero-order valence-corrected chi connectivity index (χ0v) is 17.5. The summed E-state index contributed by atoms with van der Waals surface area (Å²) in [4.78, 5) is 24.9. The van der Waals surface area contributed by atoms with Crippen molar-refractivity contribution in [1.82, 2.24) is 5.32 Å². The van der Waals surface area contributed by atoms with Gasteiger partial charge in [-0.15, -0.1) is 0 Å². The number of amides is 2. The van der Waals surface area contributed by atoms with Crippen molar-refractivity contribution in [1.29, 1.82) is 0 Å². The number of carbonyl (C=O) groups is 2. The van der Waals surface area contributed by atoms with Crippen LogP contribution < -0.4 is 14.9 Å². The van der Waals surface area contributed by atoms with Crippen LogP contribution in [-0.2, 0) is 19.6 Å². The molecule has 8 nitrogen and oxygen atoms in total. The number of benzene rings is 2. The van der Waals surface area contributed by atoms with Gasteiger partial charge in [0.2, 0.25) is 15.9 Å². The number of rotatable bonds is 10. The van der Waals surface area contributed by atoms with Crippen molar-refractivity contribution in [2.45, 2.75) is 6.42 Å². The molecule has 0 saturated heterocycles. The molecule has 0 unspecified atom stereocenters. The Labute approximate surface area is 175 Å². The van der Waals surface area contributed by atoms with Gasteiger partial charge in [0.05, 0.1) is 23.2 Å². The summed E-state index contributed by atoms with van der Waals surface area (Å²) in [5, 5.41) is 5.28. The lowest BCUT2D eigenvalue weighted by atomic mass is 10.1. The highest BCUT2D eigenvalue weighted by molar-refractivity contribution is 7.92. The molecule has 2 N–H and O–H groups in total. The minimum Gasteiger partial charge on any atom is -0.385 e. The standard InChI is InChI=1S/C20H24FN3O5S/c1-29-12-6-11-22-20(26)17-9-3-4-10-18(17)23-19(25)14-24(30(2,27)28)16-8-5-7-15(21)13-16/h3-5,7-10,13H,6,11-12,14H2,1-2H3,(H,22,26)(H,23,25). The normalized spacial score (nSPS) is 11.0. The van der Waals surface area contributed by atoms with Gasteiger partial charge in [0.1, 0.15) is 12.4 Å². The van der Waals surface area contributed by atoms with Crippen molar-refractivity contribution in [3.63, 3.8) is 0 Å². The first-order valence-corrected chi connectivity index (χ1v) is 11.0. The number of halogens is 1. The maximum Gasteiger partial charge on any atom is 0.253 e. The molecule has 0 aliphatic heterocycles. The molecule has 0 aromatic heterocycles. The second kappa shape index (κ2) is 10.7. The van der Waals surface area contributed by atoms with E-state index in [1.54, 1.807) is 25.3 Å². The second-order valence-electron chi connectivity index (χ2n) is 6.45. The van der Waals surface area contributed by atoms with Crippen LogP contribution in [-0.4, -0.2) is 53.3 Å². The number of carbonyl (C=O) groups excluding carboxylic acids is 2. The van der Waals surface area contributed by atoms with Gasteiger partial charge < -0.3 is 15.4 Å². The third-order valence-corrected chi connectivity index (χ3v) is 5.18. The van der Waals surface area contributed by atoms with Crippen molar-refractivity contribution in [2.75, 3.05) is 42.7 Å². The average Bonchev–Trinajstić information content (AvgIpc) is 2.69. The molecule has 10 heteroatoms. The summed E-state index contributed by atoms with van der Waals surface area (Å²) in [6.07, 6.45) is 1.56. The molecular weight excluding hydrogens is 413 g/mol. The molecule has 2 aromatic rings. The SMILES string of the molecule is COCCCNC(=O)c1ccccc1NC(=O)CN(c1cccc(F)c1)S(C)(=O)=O. The van der Waals surface area contributed by atoms with Crippen LogP contribution in [0.15, 0.2) is 48.5 Å². The van der Waals surface area contributed by atoms with Crippen molar-refractivity contribution < 1.29 is 27.1 Å². The molecule has 0 radical (unpaired) electrons. The summed E-state index contributed by atoms with van der Waals surface area (Å²) < 4.78 is 43.5. The Morgan fingerprint density at radius 1 is 1.13 bits per heavy atom. The summed E-state index contributed by atoms with van der Waals surface area (Å²) in [6, 6.07) is 11.3. The van der Waals surface area contributed by atoms with E-state index in [1.165, 1.54) is 24.3 Å². The molecule has 0 saturated carbocycles. The van der Waals surface area contributed by atoms with Crippen LogP contribution in [0.5, 0.6) is 0 Å². The summed E-state index contributed by atoms with van der Waals surface area (Å²) >= 11 is 0. The van der Waals surface area contributed by atoms with Gasteiger partial charge in [-0.3, -0.25) is 13.9 Å². The Balaban J connectivity index is 2.14. The predicted octanol–water partition coefficient (Wildman–Crippen LogP) is 2.00. The first-order chi connectivity index (χ1) is 14.2. The van der Waals surface area contributed by atoms with Gasteiger partial charge in [-0.25, -0.2) is 12.8 Å². The van der Waals surface area contributed by atoms with Crippen LogP contribution in [0.2, 0.25) is 0 Å². The fraction of sp³-hybridized carbons (Fsp3) is 0.300. The minimum absolute atomic E-state index is 0.0248. The van der Waals surface area contributed by atoms with E-state index in [9.17, 15) is 22.4 Å². The number of methoxy groups -OCH3 is 1. The molecule has 2 amide bonds. The quantitative estimate of drug-likeness (QED) is 0.553. The highest BCUT2D eigenvalue weighted by Crippen LogP contribution is 2.20. The average molecular weight is 437 g/mol. The van der Waals surface area contributed by atoms with E-state index in [2.05, 4.69) is 10.6 Å². The molecule has 162 valence electrons. The summed E-state index contributed by atoms with van der Waals surface area (Å²) in [5.74, 6) is -1.69. The van der Waals surface area contributed by atoms with Crippen LogP contribution >= 0.6 is 0 Å². The fourth-order valence-corrected chi connectivity index (χ4v) is 3.50. The number of para-hydroxylation sites is 1. The van der Waals surface area contributed by atoms with Crippen LogP contribution in [0.1, 0.15) is 16.8 Å². The summed E-state index contributed by atoms with van der Waals surface area (Å²) in [6.45, 7) is 0.322. The summed E-state index contributed by atoms with van der Waals surface area (Å²) in [7, 11) is -2.29. The van der Waals surface area contributed by atoms with Crippen LogP contribution in [0.4, 0.5) is 15.8 Å². The van der Waals surface area contributed by atoms with Gasteiger partial charge in [-0.2, -0.15) is 0 Å². The number of ether oxygens (including phenoxy) is 1. The first kappa shape index (κ1) is 23.3. The van der Waals surface area contributed by atoms with E-state index in [0.717, 1.165) is 16.6 Å². The maximum absolute atomic E-state index is 13.5. The molecule has 0 aliphatic carbocycles. The van der Waals surface area contributed by atoms with Crippen LogP contribution in [0, 0.1) is 5.82 Å². The lowest BCUT2D eigenvalue weighted by Crippen LogP contribution is -2.37. The van der Waals surface area contributed by atoms with E-state index < -0.39 is 28.3 Å². The van der Waals surface area contributed by atoms with E-state index in [1.807, 2.05) is 0 Å².